The van der Waals surface area contributed by atoms with Gasteiger partial charge in [-0.2, -0.15) is 0 Å². The van der Waals surface area contributed by atoms with Crippen molar-refractivity contribution >= 4 is 23.0 Å². The molecule has 1 aliphatic rings. The molecular formula is C26H24N2S. The summed E-state index contributed by atoms with van der Waals surface area (Å²) in [6.45, 7) is 5.28. The number of nitrogens with zero attached hydrogens (tertiary/aromatic N) is 2. The summed E-state index contributed by atoms with van der Waals surface area (Å²) < 4.78 is 0. The van der Waals surface area contributed by atoms with Crippen LogP contribution in [-0.4, -0.2) is 16.6 Å². The van der Waals surface area contributed by atoms with E-state index in [1.807, 2.05) is 6.08 Å². The molecule has 29 heavy (non-hydrogen) atoms. The molecule has 1 saturated heterocycles. The standard InChI is InChI=1S/C26H24N2S/c1-2-18-27-26-28(20-22-14-8-4-9-15-22)25(23-16-10-5-11-17-23)24(29-26)19-21-12-6-3-7-13-21/h2-17,19,25H,1,18,20H2/b24-19-,27-26?. The molecule has 0 amide bonds. The van der Waals surface area contributed by atoms with E-state index >= 15 is 0 Å². The maximum absolute atomic E-state index is 4.83. The molecule has 1 aliphatic heterocycles. The Balaban J connectivity index is 1.79. The second-order valence-corrected chi connectivity index (χ2v) is 7.94. The zero-order chi connectivity index (χ0) is 19.9. The molecule has 0 radical (unpaired) electrons. The zero-order valence-electron chi connectivity index (χ0n) is 16.3. The van der Waals surface area contributed by atoms with Crippen LogP contribution in [0.15, 0.2) is 114 Å². The van der Waals surface area contributed by atoms with E-state index in [9.17, 15) is 0 Å². The van der Waals surface area contributed by atoms with Crippen molar-refractivity contribution in [3.05, 3.63) is 125 Å². The molecule has 1 unspecified atom stereocenters. The second-order valence-electron chi connectivity index (χ2n) is 6.90. The van der Waals surface area contributed by atoms with Gasteiger partial charge in [0.05, 0.1) is 12.6 Å². The van der Waals surface area contributed by atoms with Gasteiger partial charge in [0.15, 0.2) is 5.17 Å². The minimum absolute atomic E-state index is 0.144. The molecule has 2 nitrogen and oxygen atoms in total. The molecule has 144 valence electrons. The smallest absolute Gasteiger partial charge is 0.165 e. The molecule has 1 fully saturated rings. The highest BCUT2D eigenvalue weighted by atomic mass is 32.2. The number of hydrogen-bond donors (Lipinski definition) is 0. The van der Waals surface area contributed by atoms with E-state index in [2.05, 4.69) is 109 Å². The molecule has 3 aromatic rings. The molecule has 3 aromatic carbocycles. The first-order chi connectivity index (χ1) is 14.3. The Hall–Kier alpha value is -3.04. The van der Waals surface area contributed by atoms with Crippen molar-refractivity contribution in [3.63, 3.8) is 0 Å². The first-order valence-electron chi connectivity index (χ1n) is 9.80. The predicted molar refractivity (Wildman–Crippen MR) is 126 cm³/mol. The molecule has 4 rings (SSSR count). The molecular weight excluding hydrogens is 372 g/mol. The van der Waals surface area contributed by atoms with E-state index in [-0.39, 0.29) is 6.04 Å². The Morgan fingerprint density at radius 2 is 1.48 bits per heavy atom. The number of aliphatic imine (C=N–C) groups is 1. The van der Waals surface area contributed by atoms with Gasteiger partial charge in [-0.3, -0.25) is 4.99 Å². The van der Waals surface area contributed by atoms with Crippen molar-refractivity contribution in [1.82, 2.24) is 4.90 Å². The summed E-state index contributed by atoms with van der Waals surface area (Å²) >= 11 is 1.76. The van der Waals surface area contributed by atoms with Gasteiger partial charge in [-0.15, -0.1) is 6.58 Å². The molecule has 3 heteroatoms. The van der Waals surface area contributed by atoms with Gasteiger partial charge in [-0.25, -0.2) is 0 Å². The van der Waals surface area contributed by atoms with Crippen LogP contribution in [-0.2, 0) is 6.54 Å². The van der Waals surface area contributed by atoms with Gasteiger partial charge in [0.2, 0.25) is 0 Å². The summed E-state index contributed by atoms with van der Waals surface area (Å²) in [7, 11) is 0. The fourth-order valence-corrected chi connectivity index (χ4v) is 4.70. The van der Waals surface area contributed by atoms with Gasteiger partial charge >= 0.3 is 0 Å². The van der Waals surface area contributed by atoms with E-state index in [4.69, 9.17) is 4.99 Å². The minimum Gasteiger partial charge on any atom is -0.335 e. The first-order valence-corrected chi connectivity index (χ1v) is 10.6. The average molecular weight is 397 g/mol. The monoisotopic (exact) mass is 396 g/mol. The highest BCUT2D eigenvalue weighted by Gasteiger charge is 2.35. The highest BCUT2D eigenvalue weighted by molar-refractivity contribution is 8.17. The first kappa shape index (κ1) is 19.3. The summed E-state index contributed by atoms with van der Waals surface area (Å²) in [5, 5.41) is 1.05. The molecule has 1 atom stereocenters. The van der Waals surface area contributed by atoms with Crippen LogP contribution < -0.4 is 0 Å². The fourth-order valence-electron chi connectivity index (χ4n) is 3.49. The third-order valence-corrected chi connectivity index (χ3v) is 5.93. The Bertz CT molecular complexity index is 995. The molecule has 0 spiro atoms. The second kappa shape index (κ2) is 9.44. The number of amidine groups is 1. The van der Waals surface area contributed by atoms with Crippen LogP contribution >= 0.6 is 11.8 Å². The van der Waals surface area contributed by atoms with Gasteiger partial charge in [-0.05, 0) is 22.8 Å². The van der Waals surface area contributed by atoms with Gasteiger partial charge in [0.1, 0.15) is 0 Å². The third-order valence-electron chi connectivity index (χ3n) is 4.81. The topological polar surface area (TPSA) is 15.6 Å². The number of rotatable bonds is 6. The lowest BCUT2D eigenvalue weighted by molar-refractivity contribution is 0.369. The summed E-state index contributed by atoms with van der Waals surface area (Å²) in [4.78, 5) is 8.54. The van der Waals surface area contributed by atoms with Gasteiger partial charge in [0.25, 0.3) is 0 Å². The Labute approximate surface area is 177 Å². The SMILES string of the molecule is C=CCN=C1S/C(=C\c2ccccc2)C(c2ccccc2)N1Cc1ccccc1. The van der Waals surface area contributed by atoms with Crippen LogP contribution in [0.1, 0.15) is 22.7 Å². The van der Waals surface area contributed by atoms with E-state index < -0.39 is 0 Å². The molecule has 0 N–H and O–H groups in total. The fraction of sp³-hybridized carbons (Fsp3) is 0.115. The van der Waals surface area contributed by atoms with Gasteiger partial charge in [-0.1, -0.05) is 109 Å². The lowest BCUT2D eigenvalue weighted by atomic mass is 10.0. The van der Waals surface area contributed by atoms with Crippen molar-refractivity contribution in [3.8, 4) is 0 Å². The lowest BCUT2D eigenvalue weighted by Gasteiger charge is -2.27. The van der Waals surface area contributed by atoms with Gasteiger partial charge in [0, 0.05) is 11.4 Å². The summed E-state index contributed by atoms with van der Waals surface area (Å²) in [5.41, 5.74) is 3.77. The van der Waals surface area contributed by atoms with Crippen molar-refractivity contribution in [2.45, 2.75) is 12.6 Å². The number of benzene rings is 3. The van der Waals surface area contributed by atoms with Crippen molar-refractivity contribution in [1.29, 1.82) is 0 Å². The largest absolute Gasteiger partial charge is 0.335 e. The van der Waals surface area contributed by atoms with E-state index in [1.54, 1.807) is 11.8 Å². The van der Waals surface area contributed by atoms with Crippen LogP contribution in [0.5, 0.6) is 0 Å². The summed E-state index contributed by atoms with van der Waals surface area (Å²) in [5.74, 6) is 0. The Morgan fingerprint density at radius 3 is 2.14 bits per heavy atom. The highest BCUT2D eigenvalue weighted by Crippen LogP contribution is 2.46. The summed E-state index contributed by atoms with van der Waals surface area (Å²) in [6.07, 6.45) is 4.14. The average Bonchev–Trinajstić information content (AvgIpc) is 3.10. The van der Waals surface area contributed by atoms with Crippen LogP contribution in [0.2, 0.25) is 0 Å². The van der Waals surface area contributed by atoms with Crippen molar-refractivity contribution in [2.75, 3.05) is 6.54 Å². The predicted octanol–water partition coefficient (Wildman–Crippen LogP) is 6.56. The van der Waals surface area contributed by atoms with E-state index in [1.165, 1.54) is 21.6 Å². The normalized spacial score (nSPS) is 19.0. The molecule has 0 aliphatic carbocycles. The lowest BCUT2D eigenvalue weighted by Crippen LogP contribution is -2.27. The molecule has 1 heterocycles. The van der Waals surface area contributed by atoms with E-state index in [0.717, 1.165) is 11.7 Å². The number of thioether (sulfide) groups is 1. The van der Waals surface area contributed by atoms with Crippen LogP contribution in [0.3, 0.4) is 0 Å². The summed E-state index contributed by atoms with van der Waals surface area (Å²) in [6, 6.07) is 32.0. The Kier molecular flexibility index (Phi) is 6.28. The third kappa shape index (κ3) is 4.69. The quantitative estimate of drug-likeness (QED) is 0.439. The van der Waals surface area contributed by atoms with Crippen molar-refractivity contribution < 1.29 is 0 Å². The molecule has 0 bridgehead atoms. The van der Waals surface area contributed by atoms with Crippen molar-refractivity contribution in [2.24, 2.45) is 4.99 Å². The van der Waals surface area contributed by atoms with Crippen LogP contribution in [0, 0.1) is 0 Å². The van der Waals surface area contributed by atoms with Crippen LogP contribution in [0.25, 0.3) is 6.08 Å². The maximum atomic E-state index is 4.83. The minimum atomic E-state index is 0.144. The number of hydrogen-bond acceptors (Lipinski definition) is 2. The maximum Gasteiger partial charge on any atom is 0.165 e. The van der Waals surface area contributed by atoms with E-state index in [0.29, 0.717) is 6.54 Å². The van der Waals surface area contributed by atoms with Gasteiger partial charge < -0.3 is 4.90 Å². The molecule has 0 saturated carbocycles. The van der Waals surface area contributed by atoms with Crippen LogP contribution in [0.4, 0.5) is 0 Å². The Morgan fingerprint density at radius 1 is 0.862 bits per heavy atom. The molecule has 0 aromatic heterocycles. The zero-order valence-corrected chi connectivity index (χ0v) is 17.1.